The van der Waals surface area contributed by atoms with E-state index < -0.39 is 4.92 Å². The molecular formula is C18H17FN2O3. The van der Waals surface area contributed by atoms with Gasteiger partial charge in [0.2, 0.25) is 0 Å². The smallest absolute Gasteiger partial charge is 0.276 e. The highest BCUT2D eigenvalue weighted by atomic mass is 19.1. The summed E-state index contributed by atoms with van der Waals surface area (Å²) in [5.41, 5.74) is 3.16. The lowest BCUT2D eigenvalue weighted by Gasteiger charge is -2.30. The van der Waals surface area contributed by atoms with E-state index in [1.165, 1.54) is 12.1 Å². The second-order valence-electron chi connectivity index (χ2n) is 6.07. The van der Waals surface area contributed by atoms with E-state index in [0.29, 0.717) is 36.2 Å². The van der Waals surface area contributed by atoms with Gasteiger partial charge in [0.05, 0.1) is 10.5 Å². The summed E-state index contributed by atoms with van der Waals surface area (Å²) in [5.74, 6) is -0.530. The third-order valence-electron chi connectivity index (χ3n) is 4.39. The number of hydrogen-bond donors (Lipinski definition) is 0. The minimum Gasteiger partial charge on any atom is -0.334 e. The van der Waals surface area contributed by atoms with E-state index in [0.717, 1.165) is 11.1 Å². The van der Waals surface area contributed by atoms with Gasteiger partial charge in [0.15, 0.2) is 0 Å². The summed E-state index contributed by atoms with van der Waals surface area (Å²) in [7, 11) is 0. The molecule has 2 aromatic carbocycles. The van der Waals surface area contributed by atoms with Gasteiger partial charge >= 0.3 is 0 Å². The highest BCUT2D eigenvalue weighted by molar-refractivity contribution is 5.99. The molecular weight excluding hydrogens is 311 g/mol. The van der Waals surface area contributed by atoms with E-state index in [1.54, 1.807) is 36.9 Å². The Morgan fingerprint density at radius 1 is 1.21 bits per heavy atom. The lowest BCUT2D eigenvalue weighted by molar-refractivity contribution is -0.386. The van der Waals surface area contributed by atoms with Crippen LogP contribution < -0.4 is 0 Å². The number of nitro groups is 1. The van der Waals surface area contributed by atoms with Crippen molar-refractivity contribution in [3.8, 4) is 0 Å². The molecule has 24 heavy (non-hydrogen) atoms. The van der Waals surface area contributed by atoms with Crippen LogP contribution in [-0.2, 0) is 13.0 Å². The second kappa shape index (κ2) is 6.03. The van der Waals surface area contributed by atoms with E-state index in [9.17, 15) is 19.3 Å². The lowest BCUT2D eigenvalue weighted by atomic mass is 9.90. The van der Waals surface area contributed by atoms with Crippen molar-refractivity contribution in [3.63, 3.8) is 0 Å². The first-order valence-corrected chi connectivity index (χ1v) is 7.69. The fourth-order valence-electron chi connectivity index (χ4n) is 3.32. The number of carbonyl (C=O) groups excluding carboxylic acids is 1. The van der Waals surface area contributed by atoms with Crippen LogP contribution in [0.25, 0.3) is 0 Å². The number of fused-ring (bicyclic) bond motifs is 1. The quantitative estimate of drug-likeness (QED) is 0.639. The van der Waals surface area contributed by atoms with E-state index >= 15 is 0 Å². The number of nitro benzene ring substituents is 1. The zero-order valence-electron chi connectivity index (χ0n) is 13.5. The molecule has 1 heterocycles. The molecule has 6 heteroatoms. The average molecular weight is 328 g/mol. The Bertz CT molecular complexity index is 831. The number of hydrogen-bond acceptors (Lipinski definition) is 3. The summed E-state index contributed by atoms with van der Waals surface area (Å²) in [6, 6.07) is 7.69. The van der Waals surface area contributed by atoms with E-state index in [4.69, 9.17) is 0 Å². The van der Waals surface area contributed by atoms with Crippen LogP contribution in [0.4, 0.5) is 10.1 Å². The Kier molecular flexibility index (Phi) is 4.05. The van der Waals surface area contributed by atoms with Crippen LogP contribution in [0.3, 0.4) is 0 Å². The summed E-state index contributed by atoms with van der Waals surface area (Å²) in [6.45, 7) is 4.27. The highest BCUT2D eigenvalue weighted by Crippen LogP contribution is 2.33. The highest BCUT2D eigenvalue weighted by Gasteiger charge is 2.32. The van der Waals surface area contributed by atoms with Gasteiger partial charge in [-0.3, -0.25) is 14.9 Å². The van der Waals surface area contributed by atoms with Gasteiger partial charge in [-0.05, 0) is 49.6 Å². The largest absolute Gasteiger partial charge is 0.334 e. The maximum Gasteiger partial charge on any atom is 0.276 e. The molecule has 3 rings (SSSR count). The van der Waals surface area contributed by atoms with Crippen molar-refractivity contribution in [2.75, 3.05) is 6.54 Å². The van der Waals surface area contributed by atoms with Crippen molar-refractivity contribution in [1.82, 2.24) is 4.90 Å². The summed E-state index contributed by atoms with van der Waals surface area (Å²) >= 11 is 0. The van der Waals surface area contributed by atoms with Crippen molar-refractivity contribution >= 4 is 11.6 Å². The summed E-state index contributed by atoms with van der Waals surface area (Å²) in [5, 5.41) is 11.4. The topological polar surface area (TPSA) is 63.5 Å². The minimum absolute atomic E-state index is 0.0467. The van der Waals surface area contributed by atoms with Gasteiger partial charge in [-0.2, -0.15) is 0 Å². The van der Waals surface area contributed by atoms with Gasteiger partial charge in [-0.1, -0.05) is 12.1 Å². The third kappa shape index (κ3) is 2.75. The molecule has 0 atom stereocenters. The van der Waals surface area contributed by atoms with Crippen LogP contribution in [0.1, 0.15) is 32.6 Å². The van der Waals surface area contributed by atoms with Crippen molar-refractivity contribution in [2.24, 2.45) is 0 Å². The summed E-state index contributed by atoms with van der Waals surface area (Å²) in [6.07, 6.45) is 0.446. The van der Waals surface area contributed by atoms with Crippen molar-refractivity contribution in [3.05, 3.63) is 74.1 Å². The average Bonchev–Trinajstić information content (AvgIpc) is 2.51. The van der Waals surface area contributed by atoms with Gasteiger partial charge < -0.3 is 4.90 Å². The van der Waals surface area contributed by atoms with Crippen LogP contribution in [-0.4, -0.2) is 22.3 Å². The molecule has 0 saturated carbocycles. The second-order valence-corrected chi connectivity index (χ2v) is 6.07. The first-order valence-electron chi connectivity index (χ1n) is 7.69. The molecule has 0 N–H and O–H groups in total. The zero-order valence-corrected chi connectivity index (χ0v) is 13.5. The van der Waals surface area contributed by atoms with E-state index in [2.05, 4.69) is 0 Å². The Hall–Kier alpha value is -2.76. The molecule has 0 spiro atoms. The number of nitrogens with zero attached hydrogens (tertiary/aromatic N) is 2. The molecule has 0 aliphatic carbocycles. The maximum atomic E-state index is 13.0. The normalized spacial score (nSPS) is 13.8. The fraction of sp³-hybridized carbons (Fsp3) is 0.278. The lowest BCUT2D eigenvalue weighted by Crippen LogP contribution is -2.38. The first kappa shape index (κ1) is 16.1. The maximum absolute atomic E-state index is 13.0. The fourth-order valence-corrected chi connectivity index (χ4v) is 3.32. The molecule has 2 aromatic rings. The van der Waals surface area contributed by atoms with Crippen molar-refractivity contribution in [2.45, 2.75) is 26.8 Å². The summed E-state index contributed by atoms with van der Waals surface area (Å²) in [4.78, 5) is 25.4. The van der Waals surface area contributed by atoms with Crippen molar-refractivity contribution < 1.29 is 14.1 Å². The van der Waals surface area contributed by atoms with Gasteiger partial charge in [0.25, 0.3) is 11.6 Å². The Morgan fingerprint density at radius 2 is 1.88 bits per heavy atom. The van der Waals surface area contributed by atoms with Crippen LogP contribution in [0.15, 0.2) is 30.3 Å². The van der Waals surface area contributed by atoms with Crippen LogP contribution in [0.2, 0.25) is 0 Å². The van der Waals surface area contributed by atoms with Crippen LogP contribution in [0.5, 0.6) is 0 Å². The minimum atomic E-state index is -0.406. The summed E-state index contributed by atoms with van der Waals surface area (Å²) < 4.78 is 13.0. The van der Waals surface area contributed by atoms with E-state index in [-0.39, 0.29) is 17.4 Å². The van der Waals surface area contributed by atoms with Gasteiger partial charge in [0, 0.05) is 24.2 Å². The number of rotatable bonds is 3. The molecule has 124 valence electrons. The van der Waals surface area contributed by atoms with Gasteiger partial charge in [-0.15, -0.1) is 0 Å². The molecule has 0 bridgehead atoms. The van der Waals surface area contributed by atoms with E-state index in [1.807, 2.05) is 0 Å². The molecule has 0 unspecified atom stereocenters. The molecule has 0 aromatic heterocycles. The SMILES string of the molecule is Cc1cc(C)c([N+](=O)[O-])c2c1C(=O)N(Cc1ccc(F)cc1)CC2. The molecule has 5 nitrogen and oxygen atoms in total. The van der Waals surface area contributed by atoms with Crippen molar-refractivity contribution in [1.29, 1.82) is 0 Å². The van der Waals surface area contributed by atoms with Gasteiger partial charge in [0.1, 0.15) is 5.82 Å². The Labute approximate surface area is 138 Å². The van der Waals surface area contributed by atoms with Gasteiger partial charge in [-0.25, -0.2) is 4.39 Å². The number of aryl methyl sites for hydroxylation is 2. The molecule has 0 fully saturated rings. The Balaban J connectivity index is 1.97. The standard InChI is InChI=1S/C18H17FN2O3/c1-11-9-12(2)17(21(23)24)15-7-8-20(18(22)16(11)15)10-13-3-5-14(19)6-4-13/h3-6,9H,7-8,10H2,1-2H3. The number of amides is 1. The number of benzene rings is 2. The predicted octanol–water partition coefficient (Wildman–Crippen LogP) is 3.55. The number of carbonyl (C=O) groups is 1. The molecule has 0 radical (unpaired) electrons. The Morgan fingerprint density at radius 3 is 2.50 bits per heavy atom. The zero-order chi connectivity index (χ0) is 17.4. The molecule has 1 aliphatic heterocycles. The van der Waals surface area contributed by atoms with Crippen LogP contribution in [0, 0.1) is 29.8 Å². The molecule has 1 aliphatic rings. The first-order chi connectivity index (χ1) is 11.4. The monoisotopic (exact) mass is 328 g/mol. The molecule has 0 saturated heterocycles. The molecule has 1 amide bonds. The van der Waals surface area contributed by atoms with Crippen LogP contribution >= 0.6 is 0 Å². The predicted molar refractivity (Wildman–Crippen MR) is 87.4 cm³/mol. The third-order valence-corrected chi connectivity index (χ3v) is 4.39. The number of halogens is 1.